The van der Waals surface area contributed by atoms with E-state index in [2.05, 4.69) is 19.6 Å². The zero-order chi connectivity index (χ0) is 10.6. The van der Waals surface area contributed by atoms with Crippen molar-refractivity contribution in [1.29, 1.82) is 0 Å². The maximum Gasteiger partial charge on any atom is 0.136 e. The van der Waals surface area contributed by atoms with Crippen molar-refractivity contribution >= 4 is 11.6 Å². The second-order valence-electron chi connectivity index (χ2n) is 4.04. The van der Waals surface area contributed by atoms with E-state index in [0.29, 0.717) is 16.2 Å². The van der Waals surface area contributed by atoms with E-state index in [4.69, 9.17) is 16.3 Å². The first kappa shape index (κ1) is 11.4. The smallest absolute Gasteiger partial charge is 0.136 e. The summed E-state index contributed by atoms with van der Waals surface area (Å²) in [5.41, 5.74) is 0.537. The van der Waals surface area contributed by atoms with Crippen molar-refractivity contribution in [3.8, 4) is 0 Å². The molecule has 2 heteroatoms. The normalized spacial score (nSPS) is 20.5. The maximum atomic E-state index is 5.99. The average Bonchev–Trinajstić information content (AvgIpc) is 2.86. The van der Waals surface area contributed by atoms with Gasteiger partial charge in [-0.1, -0.05) is 31.2 Å². The molecule has 0 aromatic carbocycles. The van der Waals surface area contributed by atoms with Crippen LogP contribution in [-0.2, 0) is 4.74 Å². The predicted octanol–water partition coefficient (Wildman–Crippen LogP) is 4.02. The Bertz CT molecular complexity index is 272. The van der Waals surface area contributed by atoms with Crippen LogP contribution in [0.1, 0.15) is 26.2 Å². The van der Waals surface area contributed by atoms with E-state index in [-0.39, 0.29) is 0 Å². The van der Waals surface area contributed by atoms with Crippen molar-refractivity contribution in [2.75, 3.05) is 7.11 Å². The lowest BCUT2D eigenvalue weighted by Gasteiger charge is -2.03. The van der Waals surface area contributed by atoms with Gasteiger partial charge in [-0.3, -0.25) is 0 Å². The molecule has 14 heavy (non-hydrogen) atoms. The van der Waals surface area contributed by atoms with E-state index >= 15 is 0 Å². The standard InChI is InChI=1S/C12H17ClO/c1-4-11(14-3)10(13)6-5-7-12(2)8-9-12/h4-6H,1,7-9H2,2-3H3/b6-5-,11-10-. The van der Waals surface area contributed by atoms with Gasteiger partial charge in [-0.2, -0.15) is 0 Å². The molecule has 0 amide bonds. The Labute approximate surface area is 91.1 Å². The van der Waals surface area contributed by atoms with Crippen molar-refractivity contribution in [3.63, 3.8) is 0 Å². The topological polar surface area (TPSA) is 9.23 Å². The third-order valence-corrected chi connectivity index (χ3v) is 2.93. The monoisotopic (exact) mass is 212 g/mol. The van der Waals surface area contributed by atoms with Crippen molar-refractivity contribution in [3.05, 3.63) is 35.6 Å². The first-order valence-corrected chi connectivity index (χ1v) is 5.22. The molecule has 1 saturated carbocycles. The van der Waals surface area contributed by atoms with Gasteiger partial charge < -0.3 is 4.74 Å². The van der Waals surface area contributed by atoms with Crippen molar-refractivity contribution in [2.45, 2.75) is 26.2 Å². The minimum Gasteiger partial charge on any atom is -0.495 e. The van der Waals surface area contributed by atoms with E-state index in [1.165, 1.54) is 12.8 Å². The summed E-state index contributed by atoms with van der Waals surface area (Å²) in [6.45, 7) is 5.91. The molecular formula is C12H17ClO. The summed E-state index contributed by atoms with van der Waals surface area (Å²) >= 11 is 5.99. The lowest BCUT2D eigenvalue weighted by atomic mass is 10.1. The van der Waals surface area contributed by atoms with E-state index in [0.717, 1.165) is 6.42 Å². The van der Waals surface area contributed by atoms with Crippen LogP contribution in [0.5, 0.6) is 0 Å². The largest absolute Gasteiger partial charge is 0.495 e. The van der Waals surface area contributed by atoms with Crippen LogP contribution in [0.3, 0.4) is 0 Å². The zero-order valence-electron chi connectivity index (χ0n) is 8.85. The van der Waals surface area contributed by atoms with Crippen LogP contribution in [0.2, 0.25) is 0 Å². The Morgan fingerprint density at radius 1 is 1.57 bits per heavy atom. The van der Waals surface area contributed by atoms with Crippen LogP contribution >= 0.6 is 11.6 Å². The number of halogens is 1. The van der Waals surface area contributed by atoms with Crippen LogP contribution in [0.25, 0.3) is 0 Å². The molecule has 78 valence electrons. The molecule has 0 heterocycles. The summed E-state index contributed by atoms with van der Waals surface area (Å²) in [5, 5.41) is 0.617. The van der Waals surface area contributed by atoms with E-state index in [1.54, 1.807) is 13.2 Å². The Hall–Kier alpha value is -0.690. The third kappa shape index (κ3) is 3.22. The molecule has 0 bridgehead atoms. The minimum atomic E-state index is 0.537. The molecule has 0 spiro atoms. The summed E-state index contributed by atoms with van der Waals surface area (Å²) < 4.78 is 5.04. The molecule has 1 rings (SSSR count). The molecule has 0 saturated heterocycles. The molecule has 1 aliphatic rings. The molecular weight excluding hydrogens is 196 g/mol. The van der Waals surface area contributed by atoms with Gasteiger partial charge in [0.2, 0.25) is 0 Å². The quantitative estimate of drug-likeness (QED) is 0.494. The first-order chi connectivity index (χ1) is 6.61. The lowest BCUT2D eigenvalue weighted by molar-refractivity contribution is 0.306. The number of ether oxygens (including phenoxy) is 1. The van der Waals surface area contributed by atoms with Gasteiger partial charge in [-0.15, -0.1) is 0 Å². The van der Waals surface area contributed by atoms with Gasteiger partial charge in [0.15, 0.2) is 0 Å². The van der Waals surface area contributed by atoms with E-state index in [1.807, 2.05) is 6.08 Å². The highest BCUT2D eigenvalue weighted by Crippen LogP contribution is 2.48. The Morgan fingerprint density at radius 2 is 2.21 bits per heavy atom. The van der Waals surface area contributed by atoms with Gasteiger partial charge in [0.1, 0.15) is 5.76 Å². The number of rotatable bonds is 5. The fourth-order valence-corrected chi connectivity index (χ4v) is 1.47. The highest BCUT2D eigenvalue weighted by atomic mass is 35.5. The number of hydrogen-bond donors (Lipinski definition) is 0. The summed E-state index contributed by atoms with van der Waals surface area (Å²) in [6, 6.07) is 0. The highest BCUT2D eigenvalue weighted by Gasteiger charge is 2.35. The van der Waals surface area contributed by atoms with Gasteiger partial charge in [0.25, 0.3) is 0 Å². The van der Waals surface area contributed by atoms with Crippen LogP contribution in [-0.4, -0.2) is 7.11 Å². The molecule has 0 unspecified atom stereocenters. The van der Waals surface area contributed by atoms with Crippen molar-refractivity contribution in [2.24, 2.45) is 5.41 Å². The van der Waals surface area contributed by atoms with Gasteiger partial charge in [-0.05, 0) is 36.8 Å². The van der Waals surface area contributed by atoms with Crippen LogP contribution in [0, 0.1) is 5.41 Å². The fraction of sp³-hybridized carbons (Fsp3) is 0.500. The second-order valence-corrected chi connectivity index (χ2v) is 4.44. The molecule has 1 aliphatic carbocycles. The first-order valence-electron chi connectivity index (χ1n) is 4.84. The van der Waals surface area contributed by atoms with Gasteiger partial charge in [-0.25, -0.2) is 0 Å². The van der Waals surface area contributed by atoms with Crippen molar-refractivity contribution < 1.29 is 4.74 Å². The van der Waals surface area contributed by atoms with Crippen molar-refractivity contribution in [1.82, 2.24) is 0 Å². The van der Waals surface area contributed by atoms with Crippen LogP contribution in [0.15, 0.2) is 35.6 Å². The summed E-state index contributed by atoms with van der Waals surface area (Å²) in [5.74, 6) is 0.629. The van der Waals surface area contributed by atoms with Gasteiger partial charge in [0, 0.05) is 0 Å². The Morgan fingerprint density at radius 3 is 2.64 bits per heavy atom. The molecule has 1 nitrogen and oxygen atoms in total. The molecule has 0 atom stereocenters. The molecule has 0 aromatic rings. The fourth-order valence-electron chi connectivity index (χ4n) is 1.22. The molecule has 0 aromatic heterocycles. The van der Waals surface area contributed by atoms with Gasteiger partial charge >= 0.3 is 0 Å². The van der Waals surface area contributed by atoms with E-state index < -0.39 is 0 Å². The lowest BCUT2D eigenvalue weighted by Crippen LogP contribution is -1.88. The zero-order valence-corrected chi connectivity index (χ0v) is 9.60. The molecule has 0 N–H and O–H groups in total. The predicted molar refractivity (Wildman–Crippen MR) is 61.2 cm³/mol. The number of allylic oxidation sites excluding steroid dienone is 4. The Kier molecular flexibility index (Phi) is 3.82. The Balaban J connectivity index is 2.49. The number of methoxy groups -OCH3 is 1. The maximum absolute atomic E-state index is 5.99. The third-order valence-electron chi connectivity index (χ3n) is 2.62. The summed E-state index contributed by atoms with van der Waals surface area (Å²) in [6.07, 6.45) is 9.38. The van der Waals surface area contributed by atoms with Crippen LogP contribution in [0.4, 0.5) is 0 Å². The minimum absolute atomic E-state index is 0.537. The number of hydrogen-bond acceptors (Lipinski definition) is 1. The molecule has 1 fully saturated rings. The average molecular weight is 213 g/mol. The second kappa shape index (κ2) is 4.70. The van der Waals surface area contributed by atoms with Crippen LogP contribution < -0.4 is 0 Å². The van der Waals surface area contributed by atoms with Gasteiger partial charge in [0.05, 0.1) is 12.1 Å². The van der Waals surface area contributed by atoms with E-state index in [9.17, 15) is 0 Å². The SMILES string of the molecule is C=C/C(OC)=C(Cl)\C=C/CC1(C)CC1. The highest BCUT2D eigenvalue weighted by molar-refractivity contribution is 6.31. The summed E-state index contributed by atoms with van der Waals surface area (Å²) in [7, 11) is 1.59. The molecule has 0 radical (unpaired) electrons. The molecule has 0 aliphatic heterocycles. The summed E-state index contributed by atoms with van der Waals surface area (Å²) in [4.78, 5) is 0.